The number of Topliss-reactive ketones (excluding diaryl/α,β-unsaturated/α-hetero) is 1. The summed E-state index contributed by atoms with van der Waals surface area (Å²) in [5.74, 6) is -0.153. The number of carbonyl (C=O) groups excluding carboxylic acids is 1. The molecule has 1 N–H and O–H groups in total. The minimum atomic E-state index is -0.781. The molecule has 1 aromatic rings. The molecule has 1 unspecified atom stereocenters. The first-order valence-corrected chi connectivity index (χ1v) is 4.99. The van der Waals surface area contributed by atoms with Crippen molar-refractivity contribution in [2.24, 2.45) is 0 Å². The third kappa shape index (κ3) is 2.55. The van der Waals surface area contributed by atoms with Gasteiger partial charge in [-0.25, -0.2) is 0 Å². The lowest BCUT2D eigenvalue weighted by molar-refractivity contribution is -0.116. The van der Waals surface area contributed by atoms with Crippen molar-refractivity contribution < 1.29 is 14.6 Å². The van der Waals surface area contributed by atoms with Crippen LogP contribution in [0.5, 0.6) is 11.5 Å². The molecule has 3 nitrogen and oxygen atoms in total. The highest BCUT2D eigenvalue weighted by molar-refractivity contribution is 6.33. The van der Waals surface area contributed by atoms with Crippen LogP contribution in [0.1, 0.15) is 17.9 Å². The Kier molecular flexibility index (Phi) is 3.83. The largest absolute Gasteiger partial charge is 0.503 e. The van der Waals surface area contributed by atoms with Crippen LogP contribution in [-0.2, 0) is 4.79 Å². The average molecular weight is 249 g/mol. The van der Waals surface area contributed by atoms with Crippen molar-refractivity contribution in [1.29, 1.82) is 0 Å². The smallest absolute Gasteiger partial charge is 0.176 e. The molecule has 1 aromatic carbocycles. The summed E-state index contributed by atoms with van der Waals surface area (Å²) in [7, 11) is 1.40. The fourth-order valence-electron chi connectivity index (χ4n) is 1.13. The molecule has 0 aliphatic heterocycles. The number of carbonyl (C=O) groups is 1. The second kappa shape index (κ2) is 4.73. The molecule has 0 saturated carbocycles. The molecule has 0 heterocycles. The Morgan fingerprint density at radius 2 is 2.13 bits per heavy atom. The molecule has 0 aliphatic rings. The summed E-state index contributed by atoms with van der Waals surface area (Å²) in [5.41, 5.74) is 0.504. The molecule has 0 aliphatic carbocycles. The van der Waals surface area contributed by atoms with Gasteiger partial charge in [-0.15, -0.1) is 11.6 Å². The van der Waals surface area contributed by atoms with E-state index in [4.69, 9.17) is 27.9 Å². The summed E-state index contributed by atoms with van der Waals surface area (Å²) >= 11 is 11.6. The first-order valence-electron chi connectivity index (χ1n) is 4.18. The Labute approximate surface area is 97.6 Å². The topological polar surface area (TPSA) is 46.5 Å². The number of ketones is 1. The van der Waals surface area contributed by atoms with E-state index in [1.807, 2.05) is 0 Å². The molecule has 0 radical (unpaired) electrons. The number of aromatic hydroxyl groups is 1. The molecule has 0 bridgehead atoms. The quantitative estimate of drug-likeness (QED) is 0.837. The minimum Gasteiger partial charge on any atom is -0.503 e. The van der Waals surface area contributed by atoms with Gasteiger partial charge in [0.1, 0.15) is 5.38 Å². The van der Waals surface area contributed by atoms with Crippen LogP contribution in [0, 0.1) is 0 Å². The fraction of sp³-hybridized carbons (Fsp3) is 0.300. The van der Waals surface area contributed by atoms with Crippen molar-refractivity contribution in [3.8, 4) is 11.5 Å². The summed E-state index contributed by atoms with van der Waals surface area (Å²) in [4.78, 5) is 11.1. The summed E-state index contributed by atoms with van der Waals surface area (Å²) in [6.07, 6.45) is 0. The Morgan fingerprint density at radius 1 is 1.53 bits per heavy atom. The number of hydrogen-bond donors (Lipinski definition) is 1. The van der Waals surface area contributed by atoms with Gasteiger partial charge in [0.15, 0.2) is 17.3 Å². The molecule has 15 heavy (non-hydrogen) atoms. The highest BCUT2D eigenvalue weighted by Crippen LogP contribution is 2.38. The van der Waals surface area contributed by atoms with Crippen LogP contribution < -0.4 is 4.74 Å². The molecule has 0 saturated heterocycles. The number of phenols is 1. The zero-order chi connectivity index (χ0) is 11.6. The van der Waals surface area contributed by atoms with Crippen LogP contribution in [0.25, 0.3) is 0 Å². The first kappa shape index (κ1) is 12.1. The van der Waals surface area contributed by atoms with E-state index in [-0.39, 0.29) is 22.3 Å². The predicted octanol–water partition coefficient (Wildman–Crippen LogP) is 2.92. The van der Waals surface area contributed by atoms with Crippen LogP contribution >= 0.6 is 23.2 Å². The van der Waals surface area contributed by atoms with Gasteiger partial charge in [0.05, 0.1) is 12.1 Å². The molecule has 82 valence electrons. The summed E-state index contributed by atoms with van der Waals surface area (Å²) in [6.45, 7) is 1.38. The number of rotatable bonds is 3. The molecule has 0 aromatic heterocycles. The van der Waals surface area contributed by atoms with Gasteiger partial charge < -0.3 is 9.84 Å². The van der Waals surface area contributed by atoms with E-state index in [9.17, 15) is 9.90 Å². The lowest BCUT2D eigenvalue weighted by Crippen LogP contribution is -2.02. The van der Waals surface area contributed by atoms with Crippen LogP contribution in [0.3, 0.4) is 0 Å². The van der Waals surface area contributed by atoms with Gasteiger partial charge in [-0.2, -0.15) is 0 Å². The Bertz CT molecular complexity index is 390. The van der Waals surface area contributed by atoms with Crippen LogP contribution in [0.4, 0.5) is 0 Å². The maximum absolute atomic E-state index is 11.1. The third-order valence-corrected chi connectivity index (χ3v) is 2.77. The van der Waals surface area contributed by atoms with Crippen LogP contribution in [0.15, 0.2) is 12.1 Å². The number of benzene rings is 1. The van der Waals surface area contributed by atoms with E-state index in [0.717, 1.165) is 0 Å². The van der Waals surface area contributed by atoms with Gasteiger partial charge in [0.25, 0.3) is 0 Å². The normalized spacial score (nSPS) is 12.3. The standard InChI is InChI=1S/C10H10Cl2O3/c1-5(13)9(12)6-3-7(11)10(14)8(4-6)15-2/h3-4,9,14H,1-2H3. The Morgan fingerprint density at radius 3 is 2.60 bits per heavy atom. The second-order valence-electron chi connectivity index (χ2n) is 3.03. The van der Waals surface area contributed by atoms with Gasteiger partial charge in [-0.1, -0.05) is 11.6 Å². The predicted molar refractivity (Wildman–Crippen MR) is 58.9 cm³/mol. The van der Waals surface area contributed by atoms with E-state index >= 15 is 0 Å². The van der Waals surface area contributed by atoms with Gasteiger partial charge in [-0.05, 0) is 24.6 Å². The van der Waals surface area contributed by atoms with Crippen LogP contribution in [0.2, 0.25) is 5.02 Å². The fourth-order valence-corrected chi connectivity index (χ4v) is 1.48. The SMILES string of the molecule is COc1cc(C(Cl)C(C)=O)cc(Cl)c1O. The second-order valence-corrected chi connectivity index (χ2v) is 3.87. The molecule has 0 spiro atoms. The Hall–Kier alpha value is -0.930. The van der Waals surface area contributed by atoms with Gasteiger partial charge in [-0.3, -0.25) is 4.79 Å². The summed E-state index contributed by atoms with van der Waals surface area (Å²) < 4.78 is 4.89. The monoisotopic (exact) mass is 248 g/mol. The van der Waals surface area contributed by atoms with E-state index in [1.54, 1.807) is 0 Å². The van der Waals surface area contributed by atoms with Crippen molar-refractivity contribution >= 4 is 29.0 Å². The average Bonchev–Trinajstić information content (AvgIpc) is 2.20. The number of phenolic OH excluding ortho intramolecular Hbond substituents is 1. The number of halogens is 2. The molecular formula is C10H10Cl2O3. The number of alkyl halides is 1. The number of ether oxygens (including phenoxy) is 1. The van der Waals surface area contributed by atoms with E-state index < -0.39 is 5.38 Å². The molecule has 0 fully saturated rings. The summed E-state index contributed by atoms with van der Waals surface area (Å²) in [6, 6.07) is 2.93. The van der Waals surface area contributed by atoms with E-state index in [2.05, 4.69) is 0 Å². The molecule has 1 rings (SSSR count). The van der Waals surface area contributed by atoms with Gasteiger partial charge >= 0.3 is 0 Å². The van der Waals surface area contributed by atoms with Crippen molar-refractivity contribution in [2.45, 2.75) is 12.3 Å². The number of hydrogen-bond acceptors (Lipinski definition) is 3. The van der Waals surface area contributed by atoms with Crippen molar-refractivity contribution in [3.63, 3.8) is 0 Å². The van der Waals surface area contributed by atoms with Crippen LogP contribution in [-0.4, -0.2) is 18.0 Å². The molecule has 5 heteroatoms. The van der Waals surface area contributed by atoms with Crippen molar-refractivity contribution in [3.05, 3.63) is 22.7 Å². The van der Waals surface area contributed by atoms with Gasteiger partial charge in [0, 0.05) is 0 Å². The molecule has 1 atom stereocenters. The lowest BCUT2D eigenvalue weighted by Gasteiger charge is -2.10. The van der Waals surface area contributed by atoms with Gasteiger partial charge in [0.2, 0.25) is 0 Å². The van der Waals surface area contributed by atoms with Crippen molar-refractivity contribution in [1.82, 2.24) is 0 Å². The lowest BCUT2D eigenvalue weighted by atomic mass is 10.1. The maximum Gasteiger partial charge on any atom is 0.176 e. The third-order valence-electron chi connectivity index (χ3n) is 1.92. The minimum absolute atomic E-state index is 0.108. The Balaban J connectivity index is 3.22. The summed E-state index contributed by atoms with van der Waals surface area (Å²) in [5, 5.41) is 8.78. The maximum atomic E-state index is 11.1. The molecular weight excluding hydrogens is 239 g/mol. The molecule has 0 amide bonds. The van der Waals surface area contributed by atoms with E-state index in [0.29, 0.717) is 5.56 Å². The zero-order valence-corrected chi connectivity index (χ0v) is 9.76. The van der Waals surface area contributed by atoms with Crippen molar-refractivity contribution in [2.75, 3.05) is 7.11 Å². The van der Waals surface area contributed by atoms with E-state index in [1.165, 1.54) is 26.2 Å². The number of methoxy groups -OCH3 is 1. The first-order chi connectivity index (χ1) is 6.97. The highest BCUT2D eigenvalue weighted by atomic mass is 35.5. The highest BCUT2D eigenvalue weighted by Gasteiger charge is 2.17. The zero-order valence-electron chi connectivity index (χ0n) is 8.25.